The number of ketones is 2. The lowest BCUT2D eigenvalue weighted by Gasteiger charge is -2.32. The van der Waals surface area contributed by atoms with Gasteiger partial charge in [0.05, 0.1) is 5.92 Å². The van der Waals surface area contributed by atoms with E-state index in [2.05, 4.69) is 158 Å². The van der Waals surface area contributed by atoms with Crippen molar-refractivity contribution >= 4 is 22.3 Å². The molecule has 0 saturated heterocycles. The molecule has 9 aromatic rings. The first-order valence-electron chi connectivity index (χ1n) is 20.3. The number of hydrogen-bond donors (Lipinski definition) is 0. The minimum absolute atomic E-state index is 0.0150. The molecule has 280 valence electrons. The number of fused-ring (bicyclic) bond motifs is 2. The van der Waals surface area contributed by atoms with Gasteiger partial charge >= 0.3 is 0 Å². The van der Waals surface area contributed by atoms with Gasteiger partial charge in [-0.05, 0) is 119 Å². The van der Waals surface area contributed by atoms with E-state index in [1.165, 1.54) is 0 Å². The molecule has 1 aliphatic rings. The summed E-state index contributed by atoms with van der Waals surface area (Å²) in [6.45, 7) is 2.04. The molecule has 0 heterocycles. The van der Waals surface area contributed by atoms with Crippen LogP contribution in [-0.2, 0) is 16.0 Å². The van der Waals surface area contributed by atoms with Gasteiger partial charge < -0.3 is 0 Å². The van der Waals surface area contributed by atoms with E-state index in [4.69, 9.17) is 0 Å². The van der Waals surface area contributed by atoms with Crippen LogP contribution in [0.15, 0.2) is 206 Å². The molecule has 0 fully saturated rings. The van der Waals surface area contributed by atoms with Gasteiger partial charge in [-0.15, -0.1) is 0 Å². The molecule has 9 aromatic carbocycles. The second-order valence-electron chi connectivity index (χ2n) is 15.4. The highest BCUT2D eigenvalue weighted by Gasteiger charge is 2.41. The Hall–Kier alpha value is -7.42. The smallest absolute Gasteiger partial charge is 0.210 e. The summed E-state index contributed by atoms with van der Waals surface area (Å²) >= 11 is 0. The predicted octanol–water partition coefficient (Wildman–Crippen LogP) is 14.0. The van der Waals surface area contributed by atoms with Gasteiger partial charge in [0, 0.05) is 6.42 Å². The fourth-order valence-corrected chi connectivity index (χ4v) is 9.22. The van der Waals surface area contributed by atoms with Crippen molar-refractivity contribution < 1.29 is 9.59 Å². The summed E-state index contributed by atoms with van der Waals surface area (Å²) in [4.78, 5) is 29.1. The molecule has 0 amide bonds. The Balaban J connectivity index is 1.36. The van der Waals surface area contributed by atoms with E-state index in [1.54, 1.807) is 0 Å². The number of rotatable bonds is 7. The summed E-state index contributed by atoms with van der Waals surface area (Å²) in [6, 6.07) is 72.0. The second kappa shape index (κ2) is 15.2. The van der Waals surface area contributed by atoms with Gasteiger partial charge in [-0.3, -0.25) is 9.59 Å². The van der Waals surface area contributed by atoms with Crippen molar-refractivity contribution in [1.82, 2.24) is 0 Å². The third-order valence-electron chi connectivity index (χ3n) is 12.0. The van der Waals surface area contributed by atoms with Crippen LogP contribution in [0.4, 0.5) is 0 Å². The molecular formula is C57H40O2. The first-order chi connectivity index (χ1) is 29.0. The molecule has 0 N–H and O–H groups in total. The van der Waals surface area contributed by atoms with Crippen molar-refractivity contribution in [2.45, 2.75) is 19.3 Å². The Kier molecular flexibility index (Phi) is 9.24. The van der Waals surface area contributed by atoms with E-state index in [0.29, 0.717) is 0 Å². The van der Waals surface area contributed by atoms with Crippen LogP contribution in [-0.4, -0.2) is 11.6 Å². The van der Waals surface area contributed by atoms with E-state index < -0.39 is 5.92 Å². The molecule has 59 heavy (non-hydrogen) atoms. The van der Waals surface area contributed by atoms with E-state index in [-0.39, 0.29) is 18.0 Å². The van der Waals surface area contributed by atoms with Crippen LogP contribution in [0.2, 0.25) is 0 Å². The lowest BCUT2D eigenvalue weighted by molar-refractivity contribution is -0.137. The Bertz CT molecular complexity index is 3040. The molecule has 0 saturated carbocycles. The molecule has 0 bridgehead atoms. The zero-order valence-electron chi connectivity index (χ0n) is 32.7. The van der Waals surface area contributed by atoms with Gasteiger partial charge in [0.15, 0.2) is 0 Å². The minimum Gasteiger partial charge on any atom is -0.290 e. The van der Waals surface area contributed by atoms with Crippen LogP contribution in [0, 0.1) is 6.92 Å². The van der Waals surface area contributed by atoms with Crippen molar-refractivity contribution in [3.05, 3.63) is 229 Å². The summed E-state index contributed by atoms with van der Waals surface area (Å²) < 4.78 is 0. The third kappa shape index (κ3) is 6.40. The highest BCUT2D eigenvalue weighted by molar-refractivity contribution is 6.42. The van der Waals surface area contributed by atoms with Gasteiger partial charge in [0.1, 0.15) is 0 Å². The van der Waals surface area contributed by atoms with Crippen LogP contribution in [0.1, 0.15) is 28.2 Å². The monoisotopic (exact) mass is 756 g/mol. The number of aryl methyl sites for hydroxylation is 1. The average molecular weight is 757 g/mol. The van der Waals surface area contributed by atoms with Gasteiger partial charge in [0.25, 0.3) is 0 Å². The Morgan fingerprint density at radius 3 is 1.32 bits per heavy atom. The highest BCUT2D eigenvalue weighted by atomic mass is 16.2. The molecular weight excluding hydrogens is 717 g/mol. The van der Waals surface area contributed by atoms with Crippen LogP contribution >= 0.6 is 0 Å². The predicted molar refractivity (Wildman–Crippen MR) is 243 cm³/mol. The first-order valence-corrected chi connectivity index (χ1v) is 20.3. The standard InChI is InChI=1S/C57H40O2/c1-37-18-14-15-27-44(37)56-55-51(36-52(58)57(56)59)53(47-32-30-42(38-19-6-2-7-20-38)34-49(47)40-23-10-4-11-24-40)45-28-16-17-29-46(45)54(55)48-33-31-43(39-21-8-3-9-22-39)35-50(48)41-25-12-5-13-26-41/h2-35,56H,36H2,1H3. The number of carbonyl (C=O) groups excluding carboxylic acids is 2. The van der Waals surface area contributed by atoms with Gasteiger partial charge in [-0.2, -0.15) is 0 Å². The Morgan fingerprint density at radius 2 is 0.814 bits per heavy atom. The lowest BCUT2D eigenvalue weighted by Crippen LogP contribution is -2.32. The highest BCUT2D eigenvalue weighted by Crippen LogP contribution is 2.52. The largest absolute Gasteiger partial charge is 0.290 e. The van der Waals surface area contributed by atoms with E-state index >= 15 is 0 Å². The summed E-state index contributed by atoms with van der Waals surface area (Å²) in [6.07, 6.45) is 0.0150. The number of benzene rings is 9. The van der Waals surface area contributed by atoms with Gasteiger partial charge in [-0.1, -0.05) is 194 Å². The molecule has 0 spiro atoms. The normalized spacial score (nSPS) is 13.7. The van der Waals surface area contributed by atoms with E-state index in [0.717, 1.165) is 99.8 Å². The Morgan fingerprint density at radius 1 is 0.390 bits per heavy atom. The molecule has 1 aliphatic carbocycles. The van der Waals surface area contributed by atoms with Crippen LogP contribution in [0.25, 0.3) is 77.5 Å². The number of Topliss-reactive ketones (excluding diaryl/α,β-unsaturated/α-hetero) is 2. The van der Waals surface area contributed by atoms with Crippen molar-refractivity contribution in [3.8, 4) is 66.8 Å². The first kappa shape index (κ1) is 36.0. The zero-order valence-corrected chi connectivity index (χ0v) is 32.7. The fraction of sp³-hybridized carbons (Fsp3) is 0.0526. The molecule has 1 unspecified atom stereocenters. The summed E-state index contributed by atoms with van der Waals surface area (Å²) in [5.74, 6) is -1.51. The maximum absolute atomic E-state index is 14.7. The van der Waals surface area contributed by atoms with Crippen molar-refractivity contribution in [3.63, 3.8) is 0 Å². The molecule has 2 heteroatoms. The SMILES string of the molecule is Cc1ccccc1C1C(=O)C(=O)Cc2c1c(-c1ccc(-c3ccccc3)cc1-c1ccccc1)c1ccccc1c2-c1ccc(-c2ccccc2)cc1-c1ccccc1. The molecule has 1 atom stereocenters. The third-order valence-corrected chi connectivity index (χ3v) is 12.0. The van der Waals surface area contributed by atoms with Crippen LogP contribution in [0.3, 0.4) is 0 Å². The summed E-state index contributed by atoms with van der Waals surface area (Å²) in [5.41, 5.74) is 16.5. The van der Waals surface area contributed by atoms with E-state index in [9.17, 15) is 9.59 Å². The fourth-order valence-electron chi connectivity index (χ4n) is 9.22. The maximum Gasteiger partial charge on any atom is 0.210 e. The maximum atomic E-state index is 14.7. The molecule has 0 aliphatic heterocycles. The minimum atomic E-state index is -0.785. The van der Waals surface area contributed by atoms with Crippen molar-refractivity contribution in [2.24, 2.45) is 0 Å². The summed E-state index contributed by atoms with van der Waals surface area (Å²) in [7, 11) is 0. The molecule has 2 nitrogen and oxygen atoms in total. The van der Waals surface area contributed by atoms with Crippen molar-refractivity contribution in [2.75, 3.05) is 0 Å². The average Bonchev–Trinajstić information content (AvgIpc) is 3.30. The lowest BCUT2D eigenvalue weighted by atomic mass is 9.68. The van der Waals surface area contributed by atoms with Crippen LogP contribution < -0.4 is 0 Å². The zero-order chi connectivity index (χ0) is 39.9. The molecule has 0 radical (unpaired) electrons. The topological polar surface area (TPSA) is 34.1 Å². The Labute approximate surface area is 345 Å². The number of carbonyl (C=O) groups is 2. The van der Waals surface area contributed by atoms with Crippen LogP contribution in [0.5, 0.6) is 0 Å². The second-order valence-corrected chi connectivity index (χ2v) is 15.4. The van der Waals surface area contributed by atoms with Crippen molar-refractivity contribution in [1.29, 1.82) is 0 Å². The van der Waals surface area contributed by atoms with Gasteiger partial charge in [-0.25, -0.2) is 0 Å². The quantitative estimate of drug-likeness (QED) is 0.152. The van der Waals surface area contributed by atoms with Gasteiger partial charge in [0.2, 0.25) is 11.6 Å². The van der Waals surface area contributed by atoms with E-state index in [1.807, 2.05) is 55.5 Å². The molecule has 0 aromatic heterocycles. The summed E-state index contributed by atoms with van der Waals surface area (Å²) in [5, 5.41) is 2.08. The molecule has 10 rings (SSSR count). The number of hydrogen-bond acceptors (Lipinski definition) is 2.